The van der Waals surface area contributed by atoms with Gasteiger partial charge in [0.15, 0.2) is 0 Å². The first-order chi connectivity index (χ1) is 13.2. The second kappa shape index (κ2) is 12.5. The van der Waals surface area contributed by atoms with Crippen LogP contribution in [0.3, 0.4) is 0 Å². The molecule has 1 heterocycles. The number of unbranched alkanes of at least 4 members (excludes halogenated alkanes) is 1. The summed E-state index contributed by atoms with van der Waals surface area (Å²) in [6.07, 6.45) is 6.58. The molecule has 0 fully saturated rings. The van der Waals surface area contributed by atoms with Gasteiger partial charge in [-0.15, -0.1) is 0 Å². The van der Waals surface area contributed by atoms with E-state index in [1.54, 1.807) is 16.9 Å². The minimum absolute atomic E-state index is 0.265. The van der Waals surface area contributed by atoms with Crippen LogP contribution in [0.5, 0.6) is 0 Å². The second-order valence-corrected chi connectivity index (χ2v) is 10.3. The zero-order chi connectivity index (χ0) is 21.2. The molecule has 0 spiro atoms. The van der Waals surface area contributed by atoms with Crippen molar-refractivity contribution in [3.05, 3.63) is 57.8 Å². The normalized spacial score (nSPS) is 13.8. The fraction of sp³-hybridized carbons (Fsp3) is 0.630. The highest BCUT2D eigenvalue weighted by Crippen LogP contribution is 2.37. The lowest BCUT2D eigenvalue weighted by Crippen LogP contribution is -2.21. The van der Waals surface area contributed by atoms with Gasteiger partial charge in [0.05, 0.1) is 0 Å². The standard InChI is InChI=1S/C23H40.C4H4S/c1-9-11-12-20(10-2)19(6)22-15-21(14-13-18(22)5)23(7,8)16-17(3)4;1-2-4-5-3-1/h13-15,17,19-20H,9-12,16H2,1-8H3;1-4H. The van der Waals surface area contributed by atoms with Gasteiger partial charge in [-0.05, 0) is 70.4 Å². The lowest BCUT2D eigenvalue weighted by molar-refractivity contribution is 0.384. The highest BCUT2D eigenvalue weighted by atomic mass is 32.1. The van der Waals surface area contributed by atoms with Gasteiger partial charge in [-0.1, -0.05) is 98.1 Å². The Bertz CT molecular complexity index is 619. The van der Waals surface area contributed by atoms with Crippen LogP contribution >= 0.6 is 11.3 Å². The summed E-state index contributed by atoms with van der Waals surface area (Å²) in [5.74, 6) is 2.22. The molecule has 0 amide bonds. The maximum atomic E-state index is 2.52. The summed E-state index contributed by atoms with van der Waals surface area (Å²) in [4.78, 5) is 0. The van der Waals surface area contributed by atoms with E-state index in [9.17, 15) is 0 Å². The number of rotatable bonds is 9. The third-order valence-electron chi connectivity index (χ3n) is 6.06. The Morgan fingerprint density at radius 3 is 2.11 bits per heavy atom. The lowest BCUT2D eigenvalue weighted by atomic mass is 9.74. The molecular formula is C27H44S. The van der Waals surface area contributed by atoms with E-state index >= 15 is 0 Å². The fourth-order valence-corrected chi connectivity index (χ4v) is 4.90. The molecule has 0 nitrogen and oxygen atoms in total. The number of aryl methyl sites for hydroxylation is 1. The van der Waals surface area contributed by atoms with Gasteiger partial charge >= 0.3 is 0 Å². The van der Waals surface area contributed by atoms with Crippen molar-refractivity contribution in [2.75, 3.05) is 0 Å². The van der Waals surface area contributed by atoms with Crippen LogP contribution in [0.25, 0.3) is 0 Å². The van der Waals surface area contributed by atoms with Crippen molar-refractivity contribution in [1.82, 2.24) is 0 Å². The summed E-state index contributed by atoms with van der Waals surface area (Å²) in [5.41, 5.74) is 4.84. The van der Waals surface area contributed by atoms with Crippen molar-refractivity contribution in [3.8, 4) is 0 Å². The van der Waals surface area contributed by atoms with Crippen LogP contribution in [-0.4, -0.2) is 0 Å². The van der Waals surface area contributed by atoms with Gasteiger partial charge in [0.25, 0.3) is 0 Å². The number of benzene rings is 1. The molecule has 0 radical (unpaired) electrons. The summed E-state index contributed by atoms with van der Waals surface area (Å²) in [6, 6.07) is 11.3. The van der Waals surface area contributed by atoms with E-state index in [1.807, 2.05) is 22.9 Å². The predicted octanol–water partition coefficient (Wildman–Crippen LogP) is 9.39. The SMILES string of the molecule is CCCCC(CC)C(C)c1cc(C(C)(C)CC(C)C)ccc1C.c1ccsc1. The average molecular weight is 401 g/mol. The molecule has 2 aromatic rings. The molecule has 1 heteroatoms. The predicted molar refractivity (Wildman–Crippen MR) is 130 cm³/mol. The number of thiophene rings is 1. The molecule has 0 bridgehead atoms. The largest absolute Gasteiger partial charge is 0.152 e. The van der Waals surface area contributed by atoms with Crippen molar-refractivity contribution in [1.29, 1.82) is 0 Å². The van der Waals surface area contributed by atoms with Crippen LogP contribution in [0.15, 0.2) is 41.1 Å². The van der Waals surface area contributed by atoms with Crippen LogP contribution in [0.2, 0.25) is 0 Å². The third kappa shape index (κ3) is 8.11. The Balaban J connectivity index is 0.000000674. The molecule has 158 valence electrons. The molecule has 0 aliphatic carbocycles. The van der Waals surface area contributed by atoms with Crippen molar-refractivity contribution in [2.45, 2.75) is 98.8 Å². The van der Waals surface area contributed by atoms with Crippen LogP contribution in [-0.2, 0) is 5.41 Å². The molecule has 28 heavy (non-hydrogen) atoms. The van der Waals surface area contributed by atoms with Gasteiger partial charge in [-0.25, -0.2) is 0 Å². The Kier molecular flexibility index (Phi) is 11.1. The summed E-state index contributed by atoms with van der Waals surface area (Å²) in [6.45, 7) is 18.9. The topological polar surface area (TPSA) is 0 Å². The second-order valence-electron chi connectivity index (χ2n) is 9.45. The molecule has 2 atom stereocenters. The van der Waals surface area contributed by atoms with Crippen molar-refractivity contribution in [2.24, 2.45) is 11.8 Å². The molecule has 1 aromatic heterocycles. The molecule has 0 saturated carbocycles. The van der Waals surface area contributed by atoms with Crippen LogP contribution in [0, 0.1) is 18.8 Å². The lowest BCUT2D eigenvalue weighted by Gasteiger charge is -2.30. The van der Waals surface area contributed by atoms with Crippen molar-refractivity contribution >= 4 is 11.3 Å². The minimum Gasteiger partial charge on any atom is -0.152 e. The van der Waals surface area contributed by atoms with E-state index in [2.05, 4.69) is 73.6 Å². The first-order valence-corrected chi connectivity index (χ1v) is 12.2. The maximum absolute atomic E-state index is 2.52. The quantitative estimate of drug-likeness (QED) is 0.393. The zero-order valence-electron chi connectivity index (χ0n) is 19.7. The Morgan fingerprint density at radius 2 is 1.64 bits per heavy atom. The smallest absolute Gasteiger partial charge is 0.00934 e. The molecule has 0 saturated heterocycles. The fourth-order valence-electron chi connectivity index (χ4n) is 4.45. The van der Waals surface area contributed by atoms with Gasteiger partial charge in [0.2, 0.25) is 0 Å². The first kappa shape index (κ1) is 25.0. The van der Waals surface area contributed by atoms with Gasteiger partial charge in [-0.3, -0.25) is 0 Å². The van der Waals surface area contributed by atoms with E-state index in [1.165, 1.54) is 43.2 Å². The van der Waals surface area contributed by atoms with Crippen molar-refractivity contribution < 1.29 is 0 Å². The average Bonchev–Trinajstić information content (AvgIpc) is 3.21. The summed E-state index contributed by atoms with van der Waals surface area (Å²) < 4.78 is 0. The van der Waals surface area contributed by atoms with E-state index in [4.69, 9.17) is 0 Å². The minimum atomic E-state index is 0.265. The molecule has 0 N–H and O–H groups in total. The van der Waals surface area contributed by atoms with Gasteiger partial charge < -0.3 is 0 Å². The van der Waals surface area contributed by atoms with E-state index < -0.39 is 0 Å². The number of hydrogen-bond donors (Lipinski definition) is 0. The zero-order valence-corrected chi connectivity index (χ0v) is 20.5. The highest BCUT2D eigenvalue weighted by Gasteiger charge is 2.25. The summed E-state index contributed by atoms with van der Waals surface area (Å²) in [7, 11) is 0. The van der Waals surface area contributed by atoms with Crippen LogP contribution < -0.4 is 0 Å². The monoisotopic (exact) mass is 400 g/mol. The van der Waals surface area contributed by atoms with Gasteiger partial charge in [0.1, 0.15) is 0 Å². The van der Waals surface area contributed by atoms with E-state index in [0.29, 0.717) is 5.92 Å². The van der Waals surface area contributed by atoms with E-state index in [0.717, 1.165) is 11.8 Å². The first-order valence-electron chi connectivity index (χ1n) is 11.3. The molecule has 2 rings (SSSR count). The maximum Gasteiger partial charge on any atom is -0.00934 e. The Morgan fingerprint density at radius 1 is 1.00 bits per heavy atom. The number of hydrogen-bond acceptors (Lipinski definition) is 1. The summed E-state index contributed by atoms with van der Waals surface area (Å²) in [5, 5.41) is 4.08. The van der Waals surface area contributed by atoms with Gasteiger partial charge in [0, 0.05) is 0 Å². The van der Waals surface area contributed by atoms with Crippen LogP contribution in [0.1, 0.15) is 103 Å². The molecule has 0 aliphatic rings. The van der Waals surface area contributed by atoms with Crippen LogP contribution in [0.4, 0.5) is 0 Å². The summed E-state index contributed by atoms with van der Waals surface area (Å²) >= 11 is 1.71. The molecule has 1 aromatic carbocycles. The molecular weight excluding hydrogens is 356 g/mol. The van der Waals surface area contributed by atoms with Gasteiger partial charge in [-0.2, -0.15) is 11.3 Å². The highest BCUT2D eigenvalue weighted by molar-refractivity contribution is 7.07. The Hall–Kier alpha value is -1.08. The molecule has 0 aliphatic heterocycles. The molecule has 2 unspecified atom stereocenters. The van der Waals surface area contributed by atoms with Crippen molar-refractivity contribution in [3.63, 3.8) is 0 Å². The third-order valence-corrected chi connectivity index (χ3v) is 6.68. The Labute approximate surface area is 179 Å². The van der Waals surface area contributed by atoms with E-state index in [-0.39, 0.29) is 5.41 Å².